The summed E-state index contributed by atoms with van der Waals surface area (Å²) in [5.74, 6) is 0.534. The van der Waals surface area contributed by atoms with Gasteiger partial charge in [-0.15, -0.1) is 0 Å². The minimum absolute atomic E-state index is 0.132. The standard InChI is InChI=1S/C9H8N2O2S/c1-10-9-11-8(12)7(14-9)5-6-3-2-4-13-6/h2-5H,1H3,(H,10,11,12)/b7-5+. The van der Waals surface area contributed by atoms with E-state index in [1.54, 1.807) is 31.5 Å². The molecule has 2 rings (SSSR count). The number of nitrogens with zero attached hydrogens (tertiary/aromatic N) is 1. The Morgan fingerprint density at radius 1 is 1.64 bits per heavy atom. The zero-order chi connectivity index (χ0) is 9.97. The molecule has 4 nitrogen and oxygen atoms in total. The molecule has 2 heterocycles. The summed E-state index contributed by atoms with van der Waals surface area (Å²) in [5, 5.41) is 3.25. The van der Waals surface area contributed by atoms with E-state index in [0.717, 1.165) is 0 Å². The van der Waals surface area contributed by atoms with Crippen LogP contribution in [0.4, 0.5) is 0 Å². The Morgan fingerprint density at radius 2 is 2.50 bits per heavy atom. The fraction of sp³-hybridized carbons (Fsp3) is 0.111. The molecule has 0 atom stereocenters. The minimum Gasteiger partial charge on any atom is -0.465 e. The number of furan rings is 1. The zero-order valence-corrected chi connectivity index (χ0v) is 8.30. The highest BCUT2D eigenvalue weighted by Crippen LogP contribution is 2.25. The van der Waals surface area contributed by atoms with Gasteiger partial charge in [0.05, 0.1) is 11.2 Å². The molecule has 0 spiro atoms. The van der Waals surface area contributed by atoms with E-state index in [-0.39, 0.29) is 5.91 Å². The largest absolute Gasteiger partial charge is 0.465 e. The van der Waals surface area contributed by atoms with Crippen LogP contribution in [0.2, 0.25) is 0 Å². The normalized spacial score (nSPS) is 21.9. The molecule has 14 heavy (non-hydrogen) atoms. The maximum atomic E-state index is 11.3. The van der Waals surface area contributed by atoms with Crippen molar-refractivity contribution in [2.45, 2.75) is 0 Å². The first kappa shape index (κ1) is 9.08. The van der Waals surface area contributed by atoms with E-state index in [1.807, 2.05) is 0 Å². The van der Waals surface area contributed by atoms with Crippen molar-refractivity contribution in [2.75, 3.05) is 7.05 Å². The second-order valence-corrected chi connectivity index (χ2v) is 3.64. The van der Waals surface area contributed by atoms with Crippen LogP contribution in [0.3, 0.4) is 0 Å². The molecule has 0 aliphatic carbocycles. The molecular formula is C9H8N2O2S. The lowest BCUT2D eigenvalue weighted by Gasteiger charge is -1.87. The number of aliphatic imine (C=N–C) groups is 1. The van der Waals surface area contributed by atoms with Crippen molar-refractivity contribution < 1.29 is 9.21 Å². The van der Waals surface area contributed by atoms with Crippen LogP contribution >= 0.6 is 11.8 Å². The van der Waals surface area contributed by atoms with Gasteiger partial charge in [0, 0.05) is 13.1 Å². The third-order valence-corrected chi connectivity index (χ3v) is 2.67. The van der Waals surface area contributed by atoms with Crippen LogP contribution in [0.1, 0.15) is 5.76 Å². The third kappa shape index (κ3) is 1.72. The molecule has 1 aliphatic rings. The third-order valence-electron chi connectivity index (χ3n) is 1.67. The van der Waals surface area contributed by atoms with Gasteiger partial charge in [-0.2, -0.15) is 0 Å². The Labute approximate surface area is 85.1 Å². The first-order chi connectivity index (χ1) is 6.79. The number of carbonyl (C=O) groups is 1. The molecule has 0 radical (unpaired) electrons. The number of hydrogen-bond acceptors (Lipinski definition) is 4. The van der Waals surface area contributed by atoms with E-state index in [2.05, 4.69) is 10.3 Å². The van der Waals surface area contributed by atoms with Crippen LogP contribution in [-0.2, 0) is 4.79 Å². The van der Waals surface area contributed by atoms with E-state index in [0.29, 0.717) is 15.8 Å². The topological polar surface area (TPSA) is 54.6 Å². The summed E-state index contributed by atoms with van der Waals surface area (Å²) in [6.07, 6.45) is 3.26. The quantitative estimate of drug-likeness (QED) is 0.711. The van der Waals surface area contributed by atoms with Crippen LogP contribution in [0.15, 0.2) is 32.7 Å². The number of amidine groups is 1. The van der Waals surface area contributed by atoms with Gasteiger partial charge in [-0.25, -0.2) is 0 Å². The summed E-state index contributed by atoms with van der Waals surface area (Å²) in [4.78, 5) is 15.8. The Morgan fingerprint density at radius 3 is 3.07 bits per heavy atom. The molecule has 5 heteroatoms. The highest BCUT2D eigenvalue weighted by molar-refractivity contribution is 8.18. The van der Waals surface area contributed by atoms with Crippen LogP contribution < -0.4 is 5.32 Å². The van der Waals surface area contributed by atoms with Crippen molar-refractivity contribution in [3.8, 4) is 0 Å². The van der Waals surface area contributed by atoms with Crippen molar-refractivity contribution in [1.29, 1.82) is 0 Å². The molecule has 1 amide bonds. The van der Waals surface area contributed by atoms with Crippen molar-refractivity contribution in [2.24, 2.45) is 4.99 Å². The van der Waals surface area contributed by atoms with Crippen LogP contribution in [0.5, 0.6) is 0 Å². The van der Waals surface area contributed by atoms with Crippen molar-refractivity contribution in [1.82, 2.24) is 5.32 Å². The molecule has 1 N–H and O–H groups in total. The molecule has 1 fully saturated rings. The van der Waals surface area contributed by atoms with Crippen LogP contribution in [0, 0.1) is 0 Å². The lowest BCUT2D eigenvalue weighted by molar-refractivity contribution is -0.115. The number of hydrogen-bond donors (Lipinski definition) is 1. The summed E-state index contributed by atoms with van der Waals surface area (Å²) in [5.41, 5.74) is 0. The fourth-order valence-corrected chi connectivity index (χ4v) is 1.80. The predicted molar refractivity (Wildman–Crippen MR) is 55.8 cm³/mol. The first-order valence-corrected chi connectivity index (χ1v) is 4.82. The maximum absolute atomic E-state index is 11.3. The summed E-state index contributed by atoms with van der Waals surface area (Å²) in [6.45, 7) is 0. The van der Waals surface area contributed by atoms with E-state index < -0.39 is 0 Å². The van der Waals surface area contributed by atoms with E-state index in [4.69, 9.17) is 4.42 Å². The second-order valence-electron chi connectivity index (χ2n) is 2.61. The summed E-state index contributed by atoms with van der Waals surface area (Å²) in [7, 11) is 1.64. The molecule has 72 valence electrons. The molecule has 1 aliphatic heterocycles. The highest BCUT2D eigenvalue weighted by atomic mass is 32.2. The highest BCUT2D eigenvalue weighted by Gasteiger charge is 2.23. The van der Waals surface area contributed by atoms with E-state index in [1.165, 1.54) is 11.8 Å². The molecule has 0 unspecified atom stereocenters. The average Bonchev–Trinajstić information content (AvgIpc) is 2.78. The second kappa shape index (κ2) is 3.71. The van der Waals surface area contributed by atoms with Gasteiger partial charge in [0.2, 0.25) is 0 Å². The van der Waals surface area contributed by atoms with Crippen molar-refractivity contribution in [3.05, 3.63) is 29.1 Å². The molecule has 1 saturated heterocycles. The van der Waals surface area contributed by atoms with Gasteiger partial charge in [0.25, 0.3) is 5.91 Å². The number of nitrogens with one attached hydrogen (secondary N) is 1. The van der Waals surface area contributed by atoms with Gasteiger partial charge >= 0.3 is 0 Å². The fourth-order valence-electron chi connectivity index (χ4n) is 1.03. The number of amides is 1. The summed E-state index contributed by atoms with van der Waals surface area (Å²) in [6, 6.07) is 3.57. The van der Waals surface area contributed by atoms with Gasteiger partial charge in [-0.05, 0) is 23.9 Å². The van der Waals surface area contributed by atoms with Gasteiger partial charge in [0.15, 0.2) is 5.17 Å². The van der Waals surface area contributed by atoms with Gasteiger partial charge in [0.1, 0.15) is 5.76 Å². The monoisotopic (exact) mass is 208 g/mol. The molecular weight excluding hydrogens is 200 g/mol. The Balaban J connectivity index is 2.24. The number of rotatable bonds is 1. The molecule has 1 aromatic rings. The van der Waals surface area contributed by atoms with Crippen molar-refractivity contribution >= 4 is 28.9 Å². The summed E-state index contributed by atoms with van der Waals surface area (Å²) < 4.78 is 5.10. The Bertz CT molecular complexity index is 406. The first-order valence-electron chi connectivity index (χ1n) is 4.01. The maximum Gasteiger partial charge on any atom is 0.264 e. The van der Waals surface area contributed by atoms with E-state index >= 15 is 0 Å². The smallest absolute Gasteiger partial charge is 0.264 e. The SMILES string of the molecule is CN=C1NC(=O)/C(=C\c2ccco2)S1. The molecule has 0 bridgehead atoms. The molecule has 1 aromatic heterocycles. The molecule has 0 aromatic carbocycles. The lowest BCUT2D eigenvalue weighted by Crippen LogP contribution is -2.19. The number of thioether (sulfide) groups is 1. The molecule has 0 saturated carbocycles. The average molecular weight is 208 g/mol. The minimum atomic E-state index is -0.132. The van der Waals surface area contributed by atoms with E-state index in [9.17, 15) is 4.79 Å². The van der Waals surface area contributed by atoms with Crippen molar-refractivity contribution in [3.63, 3.8) is 0 Å². The van der Waals surface area contributed by atoms with Gasteiger partial charge in [-0.1, -0.05) is 0 Å². The van der Waals surface area contributed by atoms with Gasteiger partial charge < -0.3 is 9.73 Å². The summed E-state index contributed by atoms with van der Waals surface area (Å²) >= 11 is 1.31. The zero-order valence-electron chi connectivity index (χ0n) is 7.48. The Kier molecular flexibility index (Phi) is 2.41. The van der Waals surface area contributed by atoms with Crippen LogP contribution in [-0.4, -0.2) is 18.1 Å². The number of carbonyl (C=O) groups excluding carboxylic acids is 1. The van der Waals surface area contributed by atoms with Gasteiger partial charge in [-0.3, -0.25) is 9.79 Å². The predicted octanol–water partition coefficient (Wildman–Crippen LogP) is 1.47. The lowest BCUT2D eigenvalue weighted by atomic mass is 10.4. The Hall–Kier alpha value is -1.49. The van der Waals surface area contributed by atoms with Crippen LogP contribution in [0.25, 0.3) is 6.08 Å².